The molecule has 0 amide bonds. The average Bonchev–Trinajstić information content (AvgIpc) is 2.96. The van der Waals surface area contributed by atoms with Crippen molar-refractivity contribution in [1.82, 2.24) is 5.32 Å². The first-order chi connectivity index (χ1) is 19.3. The summed E-state index contributed by atoms with van der Waals surface area (Å²) >= 11 is 0. The summed E-state index contributed by atoms with van der Waals surface area (Å²) in [6, 6.07) is 10.7. The van der Waals surface area contributed by atoms with E-state index in [4.69, 9.17) is 18.9 Å². The van der Waals surface area contributed by atoms with E-state index in [1.807, 2.05) is 25.1 Å². The zero-order valence-electron chi connectivity index (χ0n) is 23.5. The molecular formula is C32H37NO7. The second-order valence-electron chi connectivity index (χ2n) is 10.7. The molecule has 0 spiro atoms. The molecule has 2 N–H and O–H groups in total. The number of aromatic hydroxyl groups is 1. The van der Waals surface area contributed by atoms with Crippen LogP contribution < -0.4 is 19.5 Å². The fourth-order valence-corrected chi connectivity index (χ4v) is 6.26. The molecule has 0 radical (unpaired) electrons. The molecular weight excluding hydrogens is 510 g/mol. The molecule has 0 aromatic heterocycles. The normalized spacial score (nSPS) is 21.4. The number of rotatable bonds is 7. The summed E-state index contributed by atoms with van der Waals surface area (Å²) in [6.45, 7) is 1.86. The highest BCUT2D eigenvalue weighted by Crippen LogP contribution is 2.47. The number of carbonyl (C=O) groups is 2. The van der Waals surface area contributed by atoms with Crippen LogP contribution >= 0.6 is 0 Å². The molecule has 40 heavy (non-hydrogen) atoms. The van der Waals surface area contributed by atoms with Crippen molar-refractivity contribution in [2.45, 2.75) is 69.8 Å². The van der Waals surface area contributed by atoms with Gasteiger partial charge in [0.15, 0.2) is 28.8 Å². The predicted molar refractivity (Wildman–Crippen MR) is 150 cm³/mol. The van der Waals surface area contributed by atoms with E-state index in [1.165, 1.54) is 13.2 Å². The number of phenols is 1. The summed E-state index contributed by atoms with van der Waals surface area (Å²) < 4.78 is 22.3. The van der Waals surface area contributed by atoms with Gasteiger partial charge in [0, 0.05) is 29.3 Å². The molecule has 1 saturated carbocycles. The maximum Gasteiger partial charge on any atom is 0.337 e. The zero-order chi connectivity index (χ0) is 28.4. The van der Waals surface area contributed by atoms with Crippen LogP contribution in [0.5, 0.6) is 23.0 Å². The van der Waals surface area contributed by atoms with Gasteiger partial charge in [0.25, 0.3) is 0 Å². The minimum atomic E-state index is -0.638. The van der Waals surface area contributed by atoms with E-state index in [0.29, 0.717) is 40.3 Å². The first-order valence-corrected chi connectivity index (χ1v) is 13.9. The van der Waals surface area contributed by atoms with Crippen molar-refractivity contribution in [3.8, 4) is 23.0 Å². The van der Waals surface area contributed by atoms with Crippen molar-refractivity contribution in [1.29, 1.82) is 0 Å². The largest absolute Gasteiger partial charge is 0.504 e. The topological polar surface area (TPSA) is 103 Å². The van der Waals surface area contributed by atoms with Gasteiger partial charge < -0.3 is 29.4 Å². The summed E-state index contributed by atoms with van der Waals surface area (Å²) in [5, 5.41) is 13.7. The molecule has 3 aliphatic rings. The van der Waals surface area contributed by atoms with Crippen LogP contribution in [0.2, 0.25) is 0 Å². The van der Waals surface area contributed by atoms with Crippen LogP contribution in [0.3, 0.4) is 0 Å². The number of ketones is 1. The minimum Gasteiger partial charge on any atom is -0.504 e. The van der Waals surface area contributed by atoms with Crippen molar-refractivity contribution in [2.75, 3.05) is 21.3 Å². The third kappa shape index (κ3) is 5.27. The van der Waals surface area contributed by atoms with Gasteiger partial charge in [0.1, 0.15) is 6.10 Å². The Bertz CT molecular complexity index is 1370. The number of dihydropyridines is 1. The van der Waals surface area contributed by atoms with E-state index in [1.54, 1.807) is 26.4 Å². The SMILES string of the molecule is COc1cc([C@@H]2C(C(=O)OC3CCCCC3)=C(C)NC3=C2C(=O)C[C@H](c2ccc(OC)c(OC)c2)C3)ccc1O. The number of hydrogen-bond donors (Lipinski definition) is 2. The Morgan fingerprint density at radius 3 is 2.25 bits per heavy atom. The van der Waals surface area contributed by atoms with Gasteiger partial charge in [-0.1, -0.05) is 18.6 Å². The molecule has 2 aromatic carbocycles. The van der Waals surface area contributed by atoms with Crippen molar-refractivity contribution in [2.24, 2.45) is 0 Å². The lowest BCUT2D eigenvalue weighted by atomic mass is 9.71. The highest BCUT2D eigenvalue weighted by atomic mass is 16.5. The van der Waals surface area contributed by atoms with Crippen LogP contribution in [0.25, 0.3) is 0 Å². The Morgan fingerprint density at radius 1 is 0.875 bits per heavy atom. The molecule has 2 aliphatic carbocycles. The third-order valence-electron chi connectivity index (χ3n) is 8.29. The predicted octanol–water partition coefficient (Wildman–Crippen LogP) is 5.66. The molecule has 0 bridgehead atoms. The van der Waals surface area contributed by atoms with Gasteiger partial charge in [-0.05, 0) is 80.3 Å². The van der Waals surface area contributed by atoms with Gasteiger partial charge in [0.05, 0.1) is 26.9 Å². The monoisotopic (exact) mass is 547 g/mol. The van der Waals surface area contributed by atoms with Crippen molar-refractivity contribution >= 4 is 11.8 Å². The molecule has 8 heteroatoms. The number of phenolic OH excluding ortho intramolecular Hbond substituents is 1. The number of benzene rings is 2. The minimum absolute atomic E-state index is 0.00934. The quantitative estimate of drug-likeness (QED) is 0.429. The first kappa shape index (κ1) is 27.6. The Morgan fingerprint density at radius 2 is 1.55 bits per heavy atom. The van der Waals surface area contributed by atoms with Crippen LogP contribution in [-0.4, -0.2) is 44.3 Å². The molecule has 212 valence electrons. The van der Waals surface area contributed by atoms with E-state index in [9.17, 15) is 14.7 Å². The lowest BCUT2D eigenvalue weighted by Crippen LogP contribution is -2.37. The molecule has 1 aliphatic heterocycles. The van der Waals surface area contributed by atoms with Crippen molar-refractivity contribution in [3.63, 3.8) is 0 Å². The highest BCUT2D eigenvalue weighted by Gasteiger charge is 2.42. The number of Topliss-reactive ketones (excluding diaryl/α,β-unsaturated/α-hetero) is 1. The Balaban J connectivity index is 1.54. The highest BCUT2D eigenvalue weighted by molar-refractivity contribution is 6.04. The summed E-state index contributed by atoms with van der Waals surface area (Å²) in [6.07, 6.45) is 5.68. The van der Waals surface area contributed by atoms with Gasteiger partial charge >= 0.3 is 5.97 Å². The van der Waals surface area contributed by atoms with Crippen molar-refractivity contribution < 1.29 is 33.6 Å². The summed E-state index contributed by atoms with van der Waals surface area (Å²) in [5.74, 6) is 0.355. The number of nitrogens with one attached hydrogen (secondary N) is 1. The first-order valence-electron chi connectivity index (χ1n) is 13.9. The maximum atomic E-state index is 14.0. The van der Waals surface area contributed by atoms with Gasteiger partial charge in [-0.3, -0.25) is 4.79 Å². The van der Waals surface area contributed by atoms with Crippen LogP contribution in [0.15, 0.2) is 58.9 Å². The Hall–Kier alpha value is -3.94. The van der Waals surface area contributed by atoms with Crippen LogP contribution in [0.1, 0.15) is 74.8 Å². The number of carbonyl (C=O) groups excluding carboxylic acids is 2. The summed E-state index contributed by atoms with van der Waals surface area (Å²) in [4.78, 5) is 27.7. The lowest BCUT2D eigenvalue weighted by molar-refractivity contribution is -0.146. The fourth-order valence-electron chi connectivity index (χ4n) is 6.26. The van der Waals surface area contributed by atoms with Crippen molar-refractivity contribution in [3.05, 3.63) is 70.1 Å². The summed E-state index contributed by atoms with van der Waals surface area (Å²) in [7, 11) is 4.66. The zero-order valence-corrected chi connectivity index (χ0v) is 23.5. The molecule has 1 fully saturated rings. The molecule has 2 atom stereocenters. The molecule has 8 nitrogen and oxygen atoms in total. The van der Waals surface area contributed by atoms with Crippen LogP contribution in [0, 0.1) is 0 Å². The van der Waals surface area contributed by atoms with Crippen LogP contribution in [0.4, 0.5) is 0 Å². The molecule has 0 saturated heterocycles. The Labute approximate surface area is 235 Å². The summed E-state index contributed by atoms with van der Waals surface area (Å²) in [5.41, 5.74) is 4.11. The lowest BCUT2D eigenvalue weighted by Gasteiger charge is -2.37. The van der Waals surface area contributed by atoms with Gasteiger partial charge in [0.2, 0.25) is 0 Å². The van der Waals surface area contributed by atoms with E-state index in [0.717, 1.165) is 43.4 Å². The van der Waals surface area contributed by atoms with E-state index >= 15 is 0 Å². The number of ether oxygens (including phenoxy) is 4. The molecule has 0 unspecified atom stereocenters. The second-order valence-corrected chi connectivity index (χ2v) is 10.7. The Kier molecular flexibility index (Phi) is 8.05. The number of hydrogen-bond acceptors (Lipinski definition) is 8. The molecule has 1 heterocycles. The van der Waals surface area contributed by atoms with E-state index < -0.39 is 11.9 Å². The smallest absolute Gasteiger partial charge is 0.337 e. The number of methoxy groups -OCH3 is 3. The molecule has 2 aromatic rings. The molecule has 5 rings (SSSR count). The standard InChI is InChI=1S/C32H37NO7/c1-18-29(32(36)40-22-8-6-5-7-9-22)30(20-10-12-24(34)27(17-20)38-3)31-23(33-18)14-21(15-25(31)35)19-11-13-26(37-2)28(16-19)39-4/h10-13,16-17,21-22,30,33-34H,5-9,14-15H2,1-4H3/t21-,30-/m1/s1. The van der Waals surface area contributed by atoms with Crippen LogP contribution in [-0.2, 0) is 14.3 Å². The third-order valence-corrected chi connectivity index (χ3v) is 8.29. The number of allylic oxidation sites excluding steroid dienone is 3. The van der Waals surface area contributed by atoms with E-state index in [-0.39, 0.29) is 35.7 Å². The van der Waals surface area contributed by atoms with Gasteiger partial charge in [-0.2, -0.15) is 0 Å². The fraction of sp³-hybridized carbons (Fsp3) is 0.438. The number of esters is 1. The maximum absolute atomic E-state index is 14.0. The van der Waals surface area contributed by atoms with E-state index in [2.05, 4.69) is 5.32 Å². The van der Waals surface area contributed by atoms with Gasteiger partial charge in [-0.25, -0.2) is 4.79 Å². The average molecular weight is 548 g/mol. The second kappa shape index (κ2) is 11.7. The van der Waals surface area contributed by atoms with Gasteiger partial charge in [-0.15, -0.1) is 0 Å².